The van der Waals surface area contributed by atoms with E-state index in [1.165, 1.54) is 0 Å². The maximum absolute atomic E-state index is 12.4. The summed E-state index contributed by atoms with van der Waals surface area (Å²) in [6.07, 6.45) is 2.54. The van der Waals surface area contributed by atoms with E-state index in [0.717, 1.165) is 23.8 Å². The zero-order valence-corrected chi connectivity index (χ0v) is 15.6. The van der Waals surface area contributed by atoms with Gasteiger partial charge in [-0.05, 0) is 31.9 Å². The lowest BCUT2D eigenvalue weighted by Gasteiger charge is -2.14. The van der Waals surface area contributed by atoms with Gasteiger partial charge >= 0.3 is 0 Å². The van der Waals surface area contributed by atoms with Crippen molar-refractivity contribution in [2.75, 3.05) is 19.8 Å². The van der Waals surface area contributed by atoms with E-state index in [2.05, 4.69) is 5.16 Å². The molecule has 0 aromatic heterocycles. The number of ether oxygens (including phenoxy) is 2. The van der Waals surface area contributed by atoms with E-state index in [1.54, 1.807) is 6.07 Å². The second-order valence-corrected chi connectivity index (χ2v) is 5.89. The van der Waals surface area contributed by atoms with Crippen LogP contribution in [0.25, 0.3) is 0 Å². The highest BCUT2D eigenvalue weighted by atomic mass is 35.5. The van der Waals surface area contributed by atoms with E-state index in [0.29, 0.717) is 36.2 Å². The van der Waals surface area contributed by atoms with Crippen LogP contribution in [0.3, 0.4) is 0 Å². The van der Waals surface area contributed by atoms with Gasteiger partial charge in [0.15, 0.2) is 5.29 Å². The third kappa shape index (κ3) is 7.88. The molecule has 0 bridgehead atoms. The van der Waals surface area contributed by atoms with E-state index in [4.69, 9.17) is 37.5 Å². The normalized spacial score (nSPS) is 11.2. The Morgan fingerprint density at radius 3 is 2.62 bits per heavy atom. The number of halogens is 3. The fraction of sp³-hybridized carbons (Fsp3) is 0.471. The fourth-order valence-corrected chi connectivity index (χ4v) is 2.15. The molecule has 0 saturated heterocycles. The molecule has 7 heteroatoms. The van der Waals surface area contributed by atoms with E-state index in [9.17, 15) is 4.39 Å². The van der Waals surface area contributed by atoms with Gasteiger partial charge in [0.2, 0.25) is 0 Å². The van der Waals surface area contributed by atoms with Crippen LogP contribution < -0.4 is 9.47 Å². The minimum absolute atomic E-state index is 0.0315. The van der Waals surface area contributed by atoms with Crippen LogP contribution in [-0.2, 0) is 11.3 Å². The Morgan fingerprint density at radius 2 is 2.00 bits per heavy atom. The van der Waals surface area contributed by atoms with Crippen LogP contribution in [-0.4, -0.2) is 25.5 Å². The van der Waals surface area contributed by atoms with Gasteiger partial charge in [0.1, 0.15) is 24.7 Å². The van der Waals surface area contributed by atoms with Crippen LogP contribution in [0.2, 0.25) is 5.02 Å². The maximum atomic E-state index is 12.4. The summed E-state index contributed by atoms with van der Waals surface area (Å²) in [7, 11) is 0. The van der Waals surface area contributed by atoms with Gasteiger partial charge in [-0.1, -0.05) is 35.3 Å². The number of nitrogens with zero attached hydrogens (tertiary/aromatic N) is 1. The van der Waals surface area contributed by atoms with Crippen molar-refractivity contribution in [2.24, 2.45) is 5.16 Å². The smallest absolute Gasteiger partial charge is 0.188 e. The third-order valence-corrected chi connectivity index (χ3v) is 3.27. The molecule has 1 aromatic carbocycles. The molecule has 0 heterocycles. The summed E-state index contributed by atoms with van der Waals surface area (Å²) >= 11 is 11.4. The molecule has 0 saturated carbocycles. The molecule has 1 aromatic rings. The Morgan fingerprint density at radius 1 is 1.25 bits per heavy atom. The van der Waals surface area contributed by atoms with Crippen LogP contribution in [0.5, 0.6) is 11.5 Å². The highest BCUT2D eigenvalue weighted by molar-refractivity contribution is 6.32. The van der Waals surface area contributed by atoms with Gasteiger partial charge in [0.05, 0.1) is 17.3 Å². The topological polar surface area (TPSA) is 40.0 Å². The quantitative estimate of drug-likeness (QED) is 0.306. The number of aryl methyl sites for hydroxylation is 1. The van der Waals surface area contributed by atoms with Crippen molar-refractivity contribution in [2.45, 2.75) is 33.6 Å². The first-order chi connectivity index (χ1) is 11.4. The van der Waals surface area contributed by atoms with Crippen molar-refractivity contribution >= 4 is 28.9 Å². The monoisotopic (exact) mass is 377 g/mol. The molecule has 0 radical (unpaired) electrons. The zero-order valence-electron chi connectivity index (χ0n) is 14.1. The summed E-state index contributed by atoms with van der Waals surface area (Å²) in [5, 5.41) is 3.49. The summed E-state index contributed by atoms with van der Waals surface area (Å²) in [6.45, 7) is 6.69. The number of oxime groups is 1. The van der Waals surface area contributed by atoms with Gasteiger partial charge in [-0.25, -0.2) is 0 Å². The molecule has 0 amide bonds. The van der Waals surface area contributed by atoms with Crippen molar-refractivity contribution in [1.29, 1.82) is 0 Å². The lowest BCUT2D eigenvalue weighted by atomic mass is 10.1. The molecule has 0 N–H and O–H groups in total. The van der Waals surface area contributed by atoms with E-state index in [1.807, 2.05) is 26.8 Å². The number of hydrogen-bond acceptors (Lipinski definition) is 4. The van der Waals surface area contributed by atoms with Gasteiger partial charge in [-0.15, -0.1) is 0 Å². The van der Waals surface area contributed by atoms with Gasteiger partial charge in [0, 0.05) is 18.6 Å². The molecular weight excluding hydrogens is 356 g/mol. The highest BCUT2D eigenvalue weighted by Gasteiger charge is 2.11. The van der Waals surface area contributed by atoms with Crippen molar-refractivity contribution in [1.82, 2.24) is 0 Å². The SMILES string of the molecule is CCc1cc(OC/C=C(/F)Cl)cc(Cl)c1OCCCON=C(C)C. The first-order valence-electron chi connectivity index (χ1n) is 7.66. The average molecular weight is 378 g/mol. The van der Waals surface area contributed by atoms with Crippen LogP contribution in [0, 0.1) is 0 Å². The second kappa shape index (κ2) is 11.2. The van der Waals surface area contributed by atoms with Crippen molar-refractivity contribution in [3.8, 4) is 11.5 Å². The Balaban J connectivity index is 2.60. The summed E-state index contributed by atoms with van der Waals surface area (Å²) in [5.41, 5.74) is 1.78. The molecule has 134 valence electrons. The molecule has 0 spiro atoms. The molecule has 0 fully saturated rings. The van der Waals surface area contributed by atoms with Gasteiger partial charge < -0.3 is 14.3 Å². The molecule has 0 unspecified atom stereocenters. The Bertz CT molecular complexity index is 583. The first kappa shape index (κ1) is 20.6. The Kier molecular flexibility index (Phi) is 9.57. The molecule has 4 nitrogen and oxygen atoms in total. The van der Waals surface area contributed by atoms with Crippen LogP contribution in [0.1, 0.15) is 32.8 Å². The minimum Gasteiger partial charge on any atom is -0.492 e. The van der Waals surface area contributed by atoms with Crippen LogP contribution in [0.15, 0.2) is 28.7 Å². The van der Waals surface area contributed by atoms with Crippen molar-refractivity contribution in [3.05, 3.63) is 34.1 Å². The predicted molar refractivity (Wildman–Crippen MR) is 96.2 cm³/mol. The zero-order chi connectivity index (χ0) is 17.9. The van der Waals surface area contributed by atoms with Crippen LogP contribution >= 0.6 is 23.2 Å². The Hall–Kier alpha value is -1.46. The molecule has 0 aliphatic heterocycles. The summed E-state index contributed by atoms with van der Waals surface area (Å²) in [5.74, 6) is 1.16. The molecular formula is C17H22Cl2FNO3. The Labute approximate surface area is 152 Å². The fourth-order valence-electron chi connectivity index (χ4n) is 1.80. The second-order valence-electron chi connectivity index (χ2n) is 5.13. The maximum Gasteiger partial charge on any atom is 0.188 e. The number of rotatable bonds is 10. The summed E-state index contributed by atoms with van der Waals surface area (Å²) in [6, 6.07) is 3.46. The first-order valence-corrected chi connectivity index (χ1v) is 8.42. The molecule has 24 heavy (non-hydrogen) atoms. The van der Waals surface area contributed by atoms with Gasteiger partial charge in [0.25, 0.3) is 0 Å². The minimum atomic E-state index is -0.804. The molecule has 0 atom stereocenters. The number of hydrogen-bond donors (Lipinski definition) is 0. The predicted octanol–water partition coefficient (Wildman–Crippen LogP) is 5.51. The van der Waals surface area contributed by atoms with Gasteiger partial charge in [-0.2, -0.15) is 4.39 Å². The lowest BCUT2D eigenvalue weighted by Crippen LogP contribution is -2.04. The molecule has 1 rings (SSSR count). The van der Waals surface area contributed by atoms with Crippen molar-refractivity contribution < 1.29 is 18.7 Å². The molecule has 0 aliphatic carbocycles. The third-order valence-electron chi connectivity index (χ3n) is 2.84. The van der Waals surface area contributed by atoms with Crippen LogP contribution in [0.4, 0.5) is 4.39 Å². The van der Waals surface area contributed by atoms with E-state index >= 15 is 0 Å². The highest BCUT2D eigenvalue weighted by Crippen LogP contribution is 2.34. The largest absolute Gasteiger partial charge is 0.492 e. The standard InChI is InChI=1S/C17H22Cl2FNO3/c1-4-13-10-14(22-9-6-16(19)20)11-15(18)17(13)23-7-5-8-24-21-12(2)3/h6,10-11H,4-5,7-9H2,1-3H3/b16-6+. The number of benzene rings is 1. The van der Waals surface area contributed by atoms with E-state index in [-0.39, 0.29) is 6.61 Å². The van der Waals surface area contributed by atoms with E-state index < -0.39 is 5.29 Å². The summed E-state index contributed by atoms with van der Waals surface area (Å²) in [4.78, 5) is 5.11. The summed E-state index contributed by atoms with van der Waals surface area (Å²) < 4.78 is 23.6. The molecule has 0 aliphatic rings. The van der Waals surface area contributed by atoms with Crippen molar-refractivity contribution in [3.63, 3.8) is 0 Å². The average Bonchev–Trinajstić information content (AvgIpc) is 2.51. The van der Waals surface area contributed by atoms with Gasteiger partial charge in [-0.3, -0.25) is 0 Å². The lowest BCUT2D eigenvalue weighted by molar-refractivity contribution is 0.127.